The number of ether oxygens (including phenoxy) is 1. The van der Waals surface area contributed by atoms with E-state index in [9.17, 15) is 0 Å². The monoisotopic (exact) mass is 225 g/mol. The van der Waals surface area contributed by atoms with E-state index < -0.39 is 0 Å². The van der Waals surface area contributed by atoms with E-state index in [2.05, 4.69) is 33.0 Å². The molecule has 0 bridgehead atoms. The van der Waals surface area contributed by atoms with Crippen molar-refractivity contribution in [2.75, 3.05) is 13.1 Å². The van der Waals surface area contributed by atoms with E-state index in [0.717, 1.165) is 11.8 Å². The average molecular weight is 225 g/mol. The van der Waals surface area contributed by atoms with Gasteiger partial charge in [-0.2, -0.15) is 0 Å². The second-order valence-corrected chi connectivity index (χ2v) is 6.33. The van der Waals surface area contributed by atoms with Crippen molar-refractivity contribution in [2.45, 2.75) is 59.2 Å². The van der Waals surface area contributed by atoms with Crippen molar-refractivity contribution in [3.05, 3.63) is 0 Å². The summed E-state index contributed by atoms with van der Waals surface area (Å²) in [6, 6.07) is 0. The molecule has 3 unspecified atom stereocenters. The van der Waals surface area contributed by atoms with Crippen LogP contribution in [-0.4, -0.2) is 25.3 Å². The molecule has 2 heterocycles. The van der Waals surface area contributed by atoms with Crippen molar-refractivity contribution in [2.24, 2.45) is 17.3 Å². The number of rotatable bonds is 1. The molecule has 94 valence electrons. The molecular weight excluding hydrogens is 198 g/mol. The minimum atomic E-state index is 0.447. The van der Waals surface area contributed by atoms with Gasteiger partial charge in [0.2, 0.25) is 0 Å². The van der Waals surface area contributed by atoms with Crippen molar-refractivity contribution in [1.29, 1.82) is 0 Å². The molecule has 2 rings (SSSR count). The Balaban J connectivity index is 2.18. The summed E-state index contributed by atoms with van der Waals surface area (Å²) in [6.45, 7) is 11.7. The minimum Gasteiger partial charge on any atom is -0.376 e. The van der Waals surface area contributed by atoms with Crippen LogP contribution in [0.1, 0.15) is 47.0 Å². The fourth-order valence-electron chi connectivity index (χ4n) is 4.17. The van der Waals surface area contributed by atoms with E-state index in [1.165, 1.54) is 32.4 Å². The van der Waals surface area contributed by atoms with Gasteiger partial charge in [0.15, 0.2) is 0 Å². The topological polar surface area (TPSA) is 21.3 Å². The highest BCUT2D eigenvalue weighted by Crippen LogP contribution is 2.49. The Hall–Kier alpha value is -0.0800. The third-order valence-electron chi connectivity index (χ3n) is 4.61. The zero-order chi connectivity index (χ0) is 11.8. The van der Waals surface area contributed by atoms with Crippen molar-refractivity contribution in [3.8, 4) is 0 Å². The number of hydrogen-bond donors (Lipinski definition) is 1. The lowest BCUT2D eigenvalue weighted by Gasteiger charge is -2.52. The maximum absolute atomic E-state index is 5.92. The van der Waals surface area contributed by atoms with Gasteiger partial charge >= 0.3 is 0 Å². The molecule has 0 saturated carbocycles. The zero-order valence-electron chi connectivity index (χ0n) is 11.3. The Morgan fingerprint density at radius 1 is 1.19 bits per heavy atom. The van der Waals surface area contributed by atoms with Crippen LogP contribution in [0, 0.1) is 17.3 Å². The van der Waals surface area contributed by atoms with Crippen LogP contribution in [0.3, 0.4) is 0 Å². The van der Waals surface area contributed by atoms with Gasteiger partial charge in [-0.1, -0.05) is 13.8 Å². The van der Waals surface area contributed by atoms with Crippen LogP contribution < -0.4 is 5.32 Å². The first kappa shape index (κ1) is 12.4. The van der Waals surface area contributed by atoms with E-state index in [1.807, 2.05) is 0 Å². The lowest BCUT2D eigenvalue weighted by molar-refractivity contribution is -0.122. The highest BCUT2D eigenvalue weighted by atomic mass is 16.5. The third kappa shape index (κ3) is 2.28. The van der Waals surface area contributed by atoms with Gasteiger partial charge in [-0.3, -0.25) is 0 Å². The van der Waals surface area contributed by atoms with E-state index in [-0.39, 0.29) is 0 Å². The van der Waals surface area contributed by atoms with Gasteiger partial charge in [0.1, 0.15) is 0 Å². The second kappa shape index (κ2) is 4.66. The molecule has 0 aromatic heterocycles. The summed E-state index contributed by atoms with van der Waals surface area (Å²) < 4.78 is 5.92. The molecule has 1 N–H and O–H groups in total. The van der Waals surface area contributed by atoms with Gasteiger partial charge in [-0.05, 0) is 63.5 Å². The highest BCUT2D eigenvalue weighted by Gasteiger charge is 2.46. The number of hydrogen-bond acceptors (Lipinski definition) is 2. The summed E-state index contributed by atoms with van der Waals surface area (Å²) in [6.07, 6.45) is 4.77. The lowest BCUT2D eigenvalue weighted by Crippen LogP contribution is -2.52. The van der Waals surface area contributed by atoms with E-state index in [1.54, 1.807) is 0 Å². The molecule has 16 heavy (non-hydrogen) atoms. The molecule has 2 saturated heterocycles. The number of nitrogens with one attached hydrogen (secondary N) is 1. The summed E-state index contributed by atoms with van der Waals surface area (Å²) >= 11 is 0. The zero-order valence-corrected chi connectivity index (χ0v) is 11.3. The molecule has 2 heteroatoms. The quantitative estimate of drug-likeness (QED) is 0.741. The van der Waals surface area contributed by atoms with Crippen LogP contribution in [-0.2, 0) is 4.74 Å². The van der Waals surface area contributed by atoms with Crippen LogP contribution in [0.25, 0.3) is 0 Å². The molecule has 0 aromatic rings. The lowest BCUT2D eigenvalue weighted by atomic mass is 9.60. The average Bonchev–Trinajstić information content (AvgIpc) is 2.15. The molecule has 0 radical (unpaired) electrons. The van der Waals surface area contributed by atoms with E-state index in [0.29, 0.717) is 17.6 Å². The van der Waals surface area contributed by atoms with Crippen LogP contribution in [0.15, 0.2) is 0 Å². The summed E-state index contributed by atoms with van der Waals surface area (Å²) in [7, 11) is 0. The van der Waals surface area contributed by atoms with Gasteiger partial charge in [0.05, 0.1) is 12.2 Å². The van der Waals surface area contributed by atoms with Gasteiger partial charge in [-0.15, -0.1) is 0 Å². The predicted octanol–water partition coefficient (Wildman–Crippen LogP) is 2.83. The van der Waals surface area contributed by atoms with E-state index >= 15 is 0 Å². The molecular formula is C14H27NO. The maximum Gasteiger partial charge on any atom is 0.0556 e. The molecule has 0 aromatic carbocycles. The SMILES string of the molecule is CC1CC2(CCNCC2C(C)C)CC(C)O1. The second-order valence-electron chi connectivity index (χ2n) is 6.33. The standard InChI is InChI=1S/C14H27NO/c1-10(2)13-9-15-6-5-14(13)7-11(3)16-12(4)8-14/h10-13,15H,5-9H2,1-4H3. The Bertz CT molecular complexity index is 229. The largest absolute Gasteiger partial charge is 0.376 e. The first-order valence-electron chi connectivity index (χ1n) is 6.90. The summed E-state index contributed by atoms with van der Waals surface area (Å²) in [5.41, 5.74) is 0.552. The summed E-state index contributed by atoms with van der Waals surface area (Å²) in [5.74, 6) is 1.61. The molecule has 3 atom stereocenters. The Morgan fingerprint density at radius 2 is 1.81 bits per heavy atom. The molecule has 1 spiro atoms. The first-order valence-corrected chi connectivity index (χ1v) is 6.90. The predicted molar refractivity (Wildman–Crippen MR) is 67.5 cm³/mol. The summed E-state index contributed by atoms with van der Waals surface area (Å²) in [4.78, 5) is 0. The first-order chi connectivity index (χ1) is 7.53. The molecule has 2 aliphatic rings. The van der Waals surface area contributed by atoms with Gasteiger partial charge in [-0.25, -0.2) is 0 Å². The molecule has 2 nitrogen and oxygen atoms in total. The fourth-order valence-corrected chi connectivity index (χ4v) is 4.17. The molecule has 2 aliphatic heterocycles. The van der Waals surface area contributed by atoms with Crippen molar-refractivity contribution >= 4 is 0 Å². The van der Waals surface area contributed by atoms with Crippen molar-refractivity contribution in [3.63, 3.8) is 0 Å². The van der Waals surface area contributed by atoms with Crippen LogP contribution in [0.5, 0.6) is 0 Å². The van der Waals surface area contributed by atoms with Gasteiger partial charge < -0.3 is 10.1 Å². The Kier molecular flexibility index (Phi) is 3.60. The van der Waals surface area contributed by atoms with Crippen LogP contribution in [0.2, 0.25) is 0 Å². The Morgan fingerprint density at radius 3 is 2.38 bits per heavy atom. The molecule has 0 amide bonds. The molecule has 0 aliphatic carbocycles. The normalized spacial score (nSPS) is 45.2. The van der Waals surface area contributed by atoms with Crippen molar-refractivity contribution in [1.82, 2.24) is 5.32 Å². The van der Waals surface area contributed by atoms with Crippen LogP contribution in [0.4, 0.5) is 0 Å². The Labute approximate surface area is 100 Å². The minimum absolute atomic E-state index is 0.447. The smallest absolute Gasteiger partial charge is 0.0556 e. The van der Waals surface area contributed by atoms with Gasteiger partial charge in [0.25, 0.3) is 0 Å². The van der Waals surface area contributed by atoms with Crippen molar-refractivity contribution < 1.29 is 4.74 Å². The number of piperidine rings is 1. The van der Waals surface area contributed by atoms with Crippen LogP contribution >= 0.6 is 0 Å². The fraction of sp³-hybridized carbons (Fsp3) is 1.00. The summed E-state index contributed by atoms with van der Waals surface area (Å²) in [5, 5.41) is 3.58. The highest BCUT2D eigenvalue weighted by molar-refractivity contribution is 4.97. The van der Waals surface area contributed by atoms with Gasteiger partial charge in [0, 0.05) is 0 Å². The molecule has 2 fully saturated rings. The third-order valence-corrected chi connectivity index (χ3v) is 4.61. The maximum atomic E-state index is 5.92. The van der Waals surface area contributed by atoms with E-state index in [4.69, 9.17) is 4.74 Å².